The molecule has 0 spiro atoms. The number of hydrogen-bond donors (Lipinski definition) is 1. The Morgan fingerprint density at radius 1 is 1.00 bits per heavy atom. The number of urea groups is 1. The van der Waals surface area contributed by atoms with Gasteiger partial charge < -0.3 is 9.15 Å². The molecule has 7 nitrogen and oxygen atoms in total. The first-order chi connectivity index (χ1) is 14.9. The molecule has 0 atom stereocenters. The third-order valence-corrected chi connectivity index (χ3v) is 5.81. The Bertz CT molecular complexity index is 1190. The second-order valence-electron chi connectivity index (χ2n) is 6.37. The van der Waals surface area contributed by atoms with Gasteiger partial charge in [0.2, 0.25) is 0 Å². The summed E-state index contributed by atoms with van der Waals surface area (Å²) in [4.78, 5) is 39.3. The van der Waals surface area contributed by atoms with Gasteiger partial charge in [0.15, 0.2) is 5.09 Å². The number of rotatable bonds is 5. The van der Waals surface area contributed by atoms with Gasteiger partial charge in [-0.1, -0.05) is 27.7 Å². The van der Waals surface area contributed by atoms with Crippen LogP contribution in [-0.4, -0.2) is 25.0 Å². The minimum Gasteiger partial charge on any atom is -0.497 e. The van der Waals surface area contributed by atoms with Crippen molar-refractivity contribution in [1.82, 2.24) is 5.32 Å². The Hall–Kier alpha value is -3.30. The van der Waals surface area contributed by atoms with E-state index in [0.717, 1.165) is 20.0 Å². The molecular formula is C22H15BrN2O5S. The molecule has 31 heavy (non-hydrogen) atoms. The Morgan fingerprint density at radius 2 is 1.71 bits per heavy atom. The largest absolute Gasteiger partial charge is 0.497 e. The molecule has 0 radical (unpaired) electrons. The van der Waals surface area contributed by atoms with E-state index in [1.54, 1.807) is 43.5 Å². The highest BCUT2D eigenvalue weighted by Gasteiger charge is 2.37. The van der Waals surface area contributed by atoms with E-state index in [0.29, 0.717) is 16.5 Å². The average Bonchev–Trinajstić information content (AvgIpc) is 3.20. The van der Waals surface area contributed by atoms with E-state index in [9.17, 15) is 14.4 Å². The third kappa shape index (κ3) is 4.57. The van der Waals surface area contributed by atoms with Gasteiger partial charge >= 0.3 is 6.03 Å². The van der Waals surface area contributed by atoms with Gasteiger partial charge in [0, 0.05) is 9.37 Å². The van der Waals surface area contributed by atoms with Crippen LogP contribution in [0, 0.1) is 0 Å². The summed E-state index contributed by atoms with van der Waals surface area (Å²) in [5, 5.41) is 2.77. The van der Waals surface area contributed by atoms with Crippen LogP contribution in [0.3, 0.4) is 0 Å². The predicted molar refractivity (Wildman–Crippen MR) is 119 cm³/mol. The lowest BCUT2D eigenvalue weighted by Crippen LogP contribution is -2.54. The van der Waals surface area contributed by atoms with Crippen LogP contribution in [0.15, 0.2) is 85.1 Å². The maximum absolute atomic E-state index is 12.9. The molecule has 1 aliphatic rings. The molecule has 9 heteroatoms. The number of halogens is 1. The minimum atomic E-state index is -0.801. The quantitative estimate of drug-likeness (QED) is 0.398. The lowest BCUT2D eigenvalue weighted by Gasteiger charge is -2.26. The number of amides is 4. The van der Waals surface area contributed by atoms with Gasteiger partial charge in [-0.25, -0.2) is 9.69 Å². The lowest BCUT2D eigenvalue weighted by molar-refractivity contribution is -0.122. The Balaban J connectivity index is 1.57. The van der Waals surface area contributed by atoms with Gasteiger partial charge in [-0.3, -0.25) is 14.9 Å². The number of furan rings is 1. The molecule has 0 unspecified atom stereocenters. The Kier molecular flexibility index (Phi) is 5.97. The van der Waals surface area contributed by atoms with Crippen molar-refractivity contribution in [2.75, 3.05) is 12.0 Å². The monoisotopic (exact) mass is 498 g/mol. The number of carbonyl (C=O) groups is 3. The molecule has 2 aromatic carbocycles. The van der Waals surface area contributed by atoms with Crippen LogP contribution in [-0.2, 0) is 9.59 Å². The number of methoxy groups -OCH3 is 1. The number of benzene rings is 2. The first-order valence-electron chi connectivity index (χ1n) is 9.03. The molecule has 1 aliphatic heterocycles. The summed E-state index contributed by atoms with van der Waals surface area (Å²) in [5.74, 6) is -0.429. The van der Waals surface area contributed by atoms with Crippen molar-refractivity contribution in [3.63, 3.8) is 0 Å². The number of nitrogens with one attached hydrogen (secondary N) is 1. The summed E-state index contributed by atoms with van der Waals surface area (Å²) in [6.07, 6.45) is 1.33. The molecule has 156 valence electrons. The van der Waals surface area contributed by atoms with Gasteiger partial charge in [-0.05, 0) is 66.7 Å². The highest BCUT2D eigenvalue weighted by Crippen LogP contribution is 2.31. The highest BCUT2D eigenvalue weighted by atomic mass is 79.9. The van der Waals surface area contributed by atoms with Crippen molar-refractivity contribution in [2.45, 2.75) is 9.99 Å². The van der Waals surface area contributed by atoms with Gasteiger partial charge in [0.05, 0.1) is 12.8 Å². The van der Waals surface area contributed by atoms with Crippen LogP contribution < -0.4 is 15.0 Å². The fraction of sp³-hybridized carbons (Fsp3) is 0.0455. The number of hydrogen-bond acceptors (Lipinski definition) is 6. The smallest absolute Gasteiger partial charge is 0.335 e. The van der Waals surface area contributed by atoms with Crippen LogP contribution in [0.25, 0.3) is 6.08 Å². The van der Waals surface area contributed by atoms with E-state index in [1.807, 2.05) is 24.3 Å². The number of imide groups is 2. The zero-order chi connectivity index (χ0) is 22.0. The zero-order valence-electron chi connectivity index (χ0n) is 16.1. The summed E-state index contributed by atoms with van der Waals surface area (Å²) < 4.78 is 11.7. The van der Waals surface area contributed by atoms with Gasteiger partial charge in [0.1, 0.15) is 17.1 Å². The number of nitrogens with zero attached hydrogens (tertiary/aromatic N) is 1. The second kappa shape index (κ2) is 8.83. The first kappa shape index (κ1) is 21.0. The molecule has 1 fully saturated rings. The average molecular weight is 499 g/mol. The number of anilines is 1. The second-order valence-corrected chi connectivity index (χ2v) is 8.36. The van der Waals surface area contributed by atoms with E-state index in [2.05, 4.69) is 21.2 Å². The Morgan fingerprint density at radius 3 is 2.39 bits per heavy atom. The molecule has 1 aromatic heterocycles. The molecular weight excluding hydrogens is 484 g/mol. The maximum Gasteiger partial charge on any atom is 0.335 e. The van der Waals surface area contributed by atoms with E-state index < -0.39 is 17.8 Å². The lowest BCUT2D eigenvalue weighted by atomic mass is 10.1. The fourth-order valence-electron chi connectivity index (χ4n) is 2.85. The molecule has 0 aliphatic carbocycles. The van der Waals surface area contributed by atoms with Crippen molar-refractivity contribution in [3.8, 4) is 5.75 Å². The molecule has 0 bridgehead atoms. The molecule has 4 amide bonds. The van der Waals surface area contributed by atoms with E-state index in [1.165, 1.54) is 17.8 Å². The molecule has 4 rings (SSSR count). The third-order valence-electron chi connectivity index (χ3n) is 4.35. The number of carbonyl (C=O) groups excluding carboxylic acids is 3. The zero-order valence-corrected chi connectivity index (χ0v) is 18.5. The molecule has 2 heterocycles. The molecule has 1 saturated heterocycles. The van der Waals surface area contributed by atoms with Crippen molar-refractivity contribution in [3.05, 3.63) is 76.5 Å². The molecule has 1 N–H and O–H groups in total. The van der Waals surface area contributed by atoms with Crippen molar-refractivity contribution in [2.24, 2.45) is 0 Å². The summed E-state index contributed by atoms with van der Waals surface area (Å²) in [5.41, 5.74) is 0.150. The predicted octanol–water partition coefficient (Wildman–Crippen LogP) is 4.87. The van der Waals surface area contributed by atoms with Crippen LogP contribution in [0.5, 0.6) is 5.75 Å². The Labute approximate surface area is 190 Å². The summed E-state index contributed by atoms with van der Waals surface area (Å²) in [6, 6.07) is 16.7. The van der Waals surface area contributed by atoms with Crippen molar-refractivity contribution < 1.29 is 23.5 Å². The van der Waals surface area contributed by atoms with E-state index in [-0.39, 0.29) is 5.57 Å². The van der Waals surface area contributed by atoms with Crippen LogP contribution in [0.4, 0.5) is 10.5 Å². The summed E-state index contributed by atoms with van der Waals surface area (Å²) in [6.45, 7) is 0. The van der Waals surface area contributed by atoms with E-state index >= 15 is 0 Å². The van der Waals surface area contributed by atoms with Crippen molar-refractivity contribution >= 4 is 57.3 Å². The maximum atomic E-state index is 12.9. The van der Waals surface area contributed by atoms with Gasteiger partial charge in [0.25, 0.3) is 11.8 Å². The summed E-state index contributed by atoms with van der Waals surface area (Å²) >= 11 is 4.69. The number of ether oxygens (including phenoxy) is 1. The summed E-state index contributed by atoms with van der Waals surface area (Å²) in [7, 11) is 1.60. The van der Waals surface area contributed by atoms with Gasteiger partial charge in [-0.2, -0.15) is 0 Å². The topological polar surface area (TPSA) is 88.9 Å². The molecule has 0 saturated carbocycles. The highest BCUT2D eigenvalue weighted by molar-refractivity contribution is 9.10. The van der Waals surface area contributed by atoms with Crippen LogP contribution in [0.1, 0.15) is 5.76 Å². The van der Waals surface area contributed by atoms with Gasteiger partial charge in [-0.15, -0.1) is 0 Å². The fourth-order valence-corrected chi connectivity index (χ4v) is 3.89. The first-order valence-corrected chi connectivity index (χ1v) is 10.6. The SMILES string of the molecule is COc1ccc(Sc2ccc(C=C3C(=O)NC(=O)N(c4ccc(Br)cc4)C3=O)o2)cc1. The standard InChI is InChI=1S/C22H15BrN2O5S/c1-29-15-6-9-17(10-7-15)31-19-11-8-16(30-19)12-18-20(26)24-22(28)25(21(18)27)14-4-2-13(23)3-5-14/h2-12H,1H3,(H,24,26,28). The van der Waals surface area contributed by atoms with Crippen LogP contribution >= 0.6 is 27.7 Å². The minimum absolute atomic E-state index is 0.196. The number of barbiturate groups is 1. The van der Waals surface area contributed by atoms with E-state index in [4.69, 9.17) is 9.15 Å². The normalized spacial score (nSPS) is 15.4. The molecule has 3 aromatic rings. The van der Waals surface area contributed by atoms with Crippen LogP contribution in [0.2, 0.25) is 0 Å². The van der Waals surface area contributed by atoms with Crippen molar-refractivity contribution in [1.29, 1.82) is 0 Å².